The van der Waals surface area contributed by atoms with E-state index in [0.29, 0.717) is 11.4 Å². The largest absolute Gasteiger partial charge is 0.378 e. The summed E-state index contributed by atoms with van der Waals surface area (Å²) in [5, 5.41) is 15.9. The number of carbonyl (C=O) groups is 1. The molecule has 2 aromatic rings. The highest BCUT2D eigenvalue weighted by atomic mass is 16.1. The Bertz CT molecular complexity index is 903. The average molecular weight is 331 g/mol. The number of nitriles is 1. The van der Waals surface area contributed by atoms with Crippen LogP contribution in [0.2, 0.25) is 0 Å². The highest BCUT2D eigenvalue weighted by Gasteiger charge is 2.30. The van der Waals surface area contributed by atoms with E-state index in [-0.39, 0.29) is 11.1 Å². The van der Waals surface area contributed by atoms with Crippen molar-refractivity contribution < 1.29 is 4.79 Å². The van der Waals surface area contributed by atoms with Crippen molar-refractivity contribution in [2.45, 2.75) is 32.7 Å². The van der Waals surface area contributed by atoms with Gasteiger partial charge in [0.05, 0.1) is 5.70 Å². The molecule has 0 bridgehead atoms. The summed E-state index contributed by atoms with van der Waals surface area (Å²) >= 11 is 0. The number of aryl methyl sites for hydroxylation is 1. The van der Waals surface area contributed by atoms with Gasteiger partial charge in [-0.2, -0.15) is 5.26 Å². The van der Waals surface area contributed by atoms with E-state index >= 15 is 0 Å². The van der Waals surface area contributed by atoms with Crippen LogP contribution >= 0.6 is 0 Å². The molecule has 0 saturated heterocycles. The highest BCUT2D eigenvalue weighted by Crippen LogP contribution is 2.31. The van der Waals surface area contributed by atoms with Gasteiger partial charge in [0, 0.05) is 16.8 Å². The van der Waals surface area contributed by atoms with Crippen LogP contribution in [0.15, 0.2) is 54.1 Å². The standard InChI is InChI=1S/C21H21N3O/c1-14-7-6-9-16(11-14)23-20(25)18(13-22)19-17-10-5-4-8-15(17)12-21(2,3)24-19/h4-11,24H,12H2,1-3H3,(H,23,25)/b19-18+. The van der Waals surface area contributed by atoms with Crippen LogP contribution in [0.4, 0.5) is 5.69 Å². The summed E-state index contributed by atoms with van der Waals surface area (Å²) in [5.74, 6) is -0.400. The van der Waals surface area contributed by atoms with Gasteiger partial charge in [-0.25, -0.2) is 0 Å². The number of amides is 1. The van der Waals surface area contributed by atoms with E-state index < -0.39 is 5.91 Å². The number of nitrogens with zero attached hydrogens (tertiary/aromatic N) is 1. The monoisotopic (exact) mass is 331 g/mol. The number of fused-ring (bicyclic) bond motifs is 1. The molecule has 0 fully saturated rings. The van der Waals surface area contributed by atoms with Crippen molar-refractivity contribution in [2.24, 2.45) is 0 Å². The van der Waals surface area contributed by atoms with Gasteiger partial charge < -0.3 is 10.6 Å². The predicted molar refractivity (Wildman–Crippen MR) is 99.7 cm³/mol. The van der Waals surface area contributed by atoms with E-state index in [2.05, 4.69) is 30.6 Å². The van der Waals surface area contributed by atoms with Crippen molar-refractivity contribution in [1.29, 1.82) is 5.26 Å². The smallest absolute Gasteiger partial charge is 0.268 e. The quantitative estimate of drug-likeness (QED) is 0.650. The molecular weight excluding hydrogens is 310 g/mol. The van der Waals surface area contributed by atoms with E-state index in [1.807, 2.05) is 55.5 Å². The maximum atomic E-state index is 12.7. The third-order valence-corrected chi connectivity index (χ3v) is 4.25. The Morgan fingerprint density at radius 2 is 1.96 bits per heavy atom. The minimum Gasteiger partial charge on any atom is -0.378 e. The minimum atomic E-state index is -0.400. The lowest BCUT2D eigenvalue weighted by Crippen LogP contribution is -2.44. The van der Waals surface area contributed by atoms with Crippen LogP contribution in [0, 0.1) is 18.3 Å². The molecule has 126 valence electrons. The molecule has 0 spiro atoms. The van der Waals surface area contributed by atoms with Crippen LogP contribution in [0.3, 0.4) is 0 Å². The summed E-state index contributed by atoms with van der Waals surface area (Å²) < 4.78 is 0. The van der Waals surface area contributed by atoms with Crippen molar-refractivity contribution in [2.75, 3.05) is 5.32 Å². The Labute approximate surface area is 148 Å². The van der Waals surface area contributed by atoms with Crippen molar-refractivity contribution in [1.82, 2.24) is 5.32 Å². The number of rotatable bonds is 2. The number of hydrogen-bond acceptors (Lipinski definition) is 3. The topological polar surface area (TPSA) is 64.9 Å². The second-order valence-electron chi connectivity index (χ2n) is 7.03. The van der Waals surface area contributed by atoms with Crippen LogP contribution in [-0.4, -0.2) is 11.4 Å². The number of nitrogens with one attached hydrogen (secondary N) is 2. The van der Waals surface area contributed by atoms with Crippen LogP contribution < -0.4 is 10.6 Å². The van der Waals surface area contributed by atoms with Gasteiger partial charge in [-0.05, 0) is 50.5 Å². The number of anilines is 1. The Morgan fingerprint density at radius 3 is 2.68 bits per heavy atom. The SMILES string of the molecule is Cc1cccc(NC(=O)/C(C#N)=C2/NC(C)(C)Cc3ccccc32)c1. The molecule has 0 aliphatic carbocycles. The molecule has 0 saturated carbocycles. The lowest BCUT2D eigenvalue weighted by Gasteiger charge is -2.36. The Kier molecular flexibility index (Phi) is 4.33. The molecule has 3 rings (SSSR count). The van der Waals surface area contributed by atoms with Gasteiger partial charge >= 0.3 is 0 Å². The average Bonchev–Trinajstić information content (AvgIpc) is 2.54. The first-order valence-electron chi connectivity index (χ1n) is 8.28. The summed E-state index contributed by atoms with van der Waals surface area (Å²) in [5.41, 5.74) is 4.25. The van der Waals surface area contributed by atoms with Crippen molar-refractivity contribution in [3.05, 3.63) is 70.8 Å². The molecule has 4 nitrogen and oxygen atoms in total. The predicted octanol–water partition coefficient (Wildman–Crippen LogP) is 3.79. The maximum absolute atomic E-state index is 12.7. The fraction of sp³-hybridized carbons (Fsp3) is 0.238. The molecule has 0 radical (unpaired) electrons. The van der Waals surface area contributed by atoms with Crippen molar-refractivity contribution in [3.63, 3.8) is 0 Å². The highest BCUT2D eigenvalue weighted by molar-refractivity contribution is 6.12. The van der Waals surface area contributed by atoms with Gasteiger partial charge in [0.2, 0.25) is 0 Å². The first-order chi connectivity index (χ1) is 11.9. The fourth-order valence-electron chi connectivity index (χ4n) is 3.18. The van der Waals surface area contributed by atoms with Crippen LogP contribution in [0.25, 0.3) is 5.70 Å². The summed E-state index contributed by atoms with van der Waals surface area (Å²) in [6.45, 7) is 6.09. The summed E-state index contributed by atoms with van der Waals surface area (Å²) in [7, 11) is 0. The molecule has 1 aliphatic rings. The zero-order valence-electron chi connectivity index (χ0n) is 14.7. The molecule has 0 unspecified atom stereocenters. The molecule has 1 amide bonds. The zero-order valence-corrected chi connectivity index (χ0v) is 14.7. The van der Waals surface area contributed by atoms with Gasteiger partial charge in [-0.15, -0.1) is 0 Å². The third-order valence-electron chi connectivity index (χ3n) is 4.25. The van der Waals surface area contributed by atoms with E-state index in [1.165, 1.54) is 0 Å². The molecule has 4 heteroatoms. The molecule has 2 N–H and O–H groups in total. The van der Waals surface area contributed by atoms with Gasteiger partial charge in [-0.1, -0.05) is 36.4 Å². The van der Waals surface area contributed by atoms with E-state index in [0.717, 1.165) is 23.1 Å². The molecule has 25 heavy (non-hydrogen) atoms. The molecule has 0 atom stereocenters. The molecule has 1 heterocycles. The van der Waals surface area contributed by atoms with Crippen LogP contribution in [0.5, 0.6) is 0 Å². The maximum Gasteiger partial charge on any atom is 0.268 e. The third kappa shape index (κ3) is 3.56. The van der Waals surface area contributed by atoms with Crippen molar-refractivity contribution >= 4 is 17.3 Å². The number of hydrogen-bond donors (Lipinski definition) is 2. The fourth-order valence-corrected chi connectivity index (χ4v) is 3.18. The van der Waals surface area contributed by atoms with E-state index in [4.69, 9.17) is 0 Å². The van der Waals surface area contributed by atoms with Gasteiger partial charge in [0.1, 0.15) is 11.6 Å². The Morgan fingerprint density at radius 1 is 1.20 bits per heavy atom. The van der Waals surface area contributed by atoms with E-state index in [1.54, 1.807) is 0 Å². The van der Waals surface area contributed by atoms with E-state index in [9.17, 15) is 10.1 Å². The summed E-state index contributed by atoms with van der Waals surface area (Å²) in [6.07, 6.45) is 0.838. The second kappa shape index (κ2) is 6.45. The molecule has 0 aromatic heterocycles. The number of benzene rings is 2. The Hall–Kier alpha value is -3.06. The first-order valence-corrected chi connectivity index (χ1v) is 8.28. The molecule has 1 aliphatic heterocycles. The van der Waals surface area contributed by atoms with Gasteiger partial charge in [0.15, 0.2) is 0 Å². The Balaban J connectivity index is 2.03. The lowest BCUT2D eigenvalue weighted by atomic mass is 9.84. The van der Waals surface area contributed by atoms with Crippen LogP contribution in [0.1, 0.15) is 30.5 Å². The van der Waals surface area contributed by atoms with Crippen LogP contribution in [-0.2, 0) is 11.2 Å². The normalized spacial score (nSPS) is 16.9. The number of carbonyl (C=O) groups excluding carboxylic acids is 1. The van der Waals surface area contributed by atoms with Gasteiger partial charge in [0.25, 0.3) is 5.91 Å². The van der Waals surface area contributed by atoms with Crippen molar-refractivity contribution in [3.8, 4) is 6.07 Å². The summed E-state index contributed by atoms with van der Waals surface area (Å²) in [4.78, 5) is 12.7. The first kappa shape index (κ1) is 16.8. The molecular formula is C21H21N3O. The summed E-state index contributed by atoms with van der Waals surface area (Å²) in [6, 6.07) is 17.5. The minimum absolute atomic E-state index is 0.0988. The lowest BCUT2D eigenvalue weighted by molar-refractivity contribution is -0.112. The van der Waals surface area contributed by atoms with Gasteiger partial charge in [-0.3, -0.25) is 4.79 Å². The zero-order chi connectivity index (χ0) is 18.0. The second-order valence-corrected chi connectivity index (χ2v) is 7.03. The molecule has 2 aromatic carbocycles.